The minimum atomic E-state index is -4.04. The molecular weight excluding hydrogens is 388 g/mol. The van der Waals surface area contributed by atoms with Gasteiger partial charge in [0.25, 0.3) is 15.9 Å². The molecular formula is C19H19F2N3O3S. The third-order valence-electron chi connectivity index (χ3n) is 5.58. The molecule has 0 bridgehead atoms. The monoisotopic (exact) mass is 407 g/mol. The van der Waals surface area contributed by atoms with E-state index in [2.05, 4.69) is 9.97 Å². The van der Waals surface area contributed by atoms with E-state index in [1.54, 1.807) is 18.2 Å². The molecule has 148 valence electrons. The molecule has 1 fully saturated rings. The van der Waals surface area contributed by atoms with Crippen molar-refractivity contribution in [2.75, 3.05) is 7.11 Å². The van der Waals surface area contributed by atoms with Gasteiger partial charge in [-0.05, 0) is 37.5 Å². The SMILES string of the molecule is COc1ncnc2c1c(C1(C)CCCC1(F)F)cn2S(=O)(=O)c1ccccc1. The molecule has 9 heteroatoms. The van der Waals surface area contributed by atoms with E-state index < -0.39 is 21.4 Å². The Kier molecular flexibility index (Phi) is 4.18. The molecule has 6 nitrogen and oxygen atoms in total. The van der Waals surface area contributed by atoms with Crippen LogP contribution in [0, 0.1) is 0 Å². The largest absolute Gasteiger partial charge is 0.480 e. The summed E-state index contributed by atoms with van der Waals surface area (Å²) in [6, 6.07) is 7.79. The fourth-order valence-electron chi connectivity index (χ4n) is 3.92. The van der Waals surface area contributed by atoms with Crippen molar-refractivity contribution in [3.63, 3.8) is 0 Å². The van der Waals surface area contributed by atoms with Crippen LogP contribution < -0.4 is 4.74 Å². The predicted octanol–water partition coefficient (Wildman–Crippen LogP) is 3.75. The number of rotatable bonds is 4. The summed E-state index contributed by atoms with van der Waals surface area (Å²) in [6.07, 6.45) is 2.73. The van der Waals surface area contributed by atoms with E-state index in [-0.39, 0.29) is 40.2 Å². The normalized spacial score (nSPS) is 21.9. The van der Waals surface area contributed by atoms with Crippen LogP contribution in [0.15, 0.2) is 47.8 Å². The Morgan fingerprint density at radius 3 is 2.46 bits per heavy atom. The highest BCUT2D eigenvalue weighted by Gasteiger charge is 2.56. The quantitative estimate of drug-likeness (QED) is 0.659. The Bertz CT molecular complexity index is 1150. The van der Waals surface area contributed by atoms with E-state index in [0.717, 1.165) is 10.3 Å². The third kappa shape index (κ3) is 2.52. The van der Waals surface area contributed by atoms with Gasteiger partial charge in [0.1, 0.15) is 6.33 Å². The van der Waals surface area contributed by atoms with Crippen molar-refractivity contribution in [2.45, 2.75) is 42.4 Å². The zero-order valence-electron chi connectivity index (χ0n) is 15.4. The molecule has 0 radical (unpaired) electrons. The minimum Gasteiger partial charge on any atom is -0.480 e. The first-order valence-electron chi connectivity index (χ1n) is 8.81. The highest BCUT2D eigenvalue weighted by molar-refractivity contribution is 7.90. The number of nitrogens with zero attached hydrogens (tertiary/aromatic N) is 3. The maximum Gasteiger partial charge on any atom is 0.269 e. The second kappa shape index (κ2) is 6.23. The number of aromatic nitrogens is 3. The molecule has 0 amide bonds. The smallest absolute Gasteiger partial charge is 0.269 e. The van der Waals surface area contributed by atoms with E-state index >= 15 is 0 Å². The summed E-state index contributed by atoms with van der Waals surface area (Å²) in [5, 5.41) is 0.202. The fraction of sp³-hybridized carbons (Fsp3) is 0.368. The Morgan fingerprint density at radius 1 is 1.14 bits per heavy atom. The summed E-state index contributed by atoms with van der Waals surface area (Å²) in [5.74, 6) is -2.91. The molecule has 2 heterocycles. The van der Waals surface area contributed by atoms with Crippen LogP contribution in [0.1, 0.15) is 31.7 Å². The van der Waals surface area contributed by atoms with Gasteiger partial charge in [0.2, 0.25) is 5.88 Å². The number of hydrogen-bond donors (Lipinski definition) is 0. The molecule has 1 aromatic carbocycles. The zero-order valence-corrected chi connectivity index (χ0v) is 16.2. The van der Waals surface area contributed by atoms with Gasteiger partial charge in [0.05, 0.1) is 22.8 Å². The fourth-order valence-corrected chi connectivity index (χ4v) is 5.26. The van der Waals surface area contributed by atoms with E-state index in [9.17, 15) is 17.2 Å². The molecule has 1 aliphatic rings. The third-order valence-corrected chi connectivity index (χ3v) is 7.24. The van der Waals surface area contributed by atoms with Crippen LogP contribution in [0.3, 0.4) is 0 Å². The summed E-state index contributed by atoms with van der Waals surface area (Å²) in [7, 11) is -2.67. The van der Waals surface area contributed by atoms with Gasteiger partial charge in [-0.1, -0.05) is 18.2 Å². The van der Waals surface area contributed by atoms with E-state index in [1.165, 1.54) is 32.4 Å². The molecule has 1 aliphatic carbocycles. The van der Waals surface area contributed by atoms with Crippen molar-refractivity contribution < 1.29 is 21.9 Å². The predicted molar refractivity (Wildman–Crippen MR) is 99.3 cm³/mol. The number of hydrogen-bond acceptors (Lipinski definition) is 5. The van der Waals surface area contributed by atoms with Crippen molar-refractivity contribution >= 4 is 21.1 Å². The van der Waals surface area contributed by atoms with Gasteiger partial charge in [-0.25, -0.2) is 31.1 Å². The second-order valence-electron chi connectivity index (χ2n) is 7.13. The van der Waals surface area contributed by atoms with Crippen molar-refractivity contribution in [2.24, 2.45) is 0 Å². The average Bonchev–Trinajstić information content (AvgIpc) is 3.21. The van der Waals surface area contributed by atoms with Gasteiger partial charge < -0.3 is 4.74 Å². The van der Waals surface area contributed by atoms with Crippen LogP contribution in [0.4, 0.5) is 8.78 Å². The lowest BCUT2D eigenvalue weighted by molar-refractivity contribution is -0.0496. The molecule has 3 aromatic rings. The van der Waals surface area contributed by atoms with Crippen LogP contribution in [-0.2, 0) is 15.4 Å². The Morgan fingerprint density at radius 2 is 1.86 bits per heavy atom. The zero-order chi connectivity index (χ0) is 20.2. The Labute approximate surface area is 161 Å². The van der Waals surface area contributed by atoms with Crippen LogP contribution in [0.2, 0.25) is 0 Å². The Hall–Kier alpha value is -2.55. The standard InChI is InChI=1S/C19H19F2N3O3S/c1-18(9-6-10-19(18,20)21)14-11-24(16-15(14)17(27-2)23-12-22-16)28(25,26)13-7-4-3-5-8-13/h3-5,7-8,11-12H,6,9-10H2,1-2H3. The molecule has 0 N–H and O–H groups in total. The number of benzene rings is 1. The summed E-state index contributed by atoms with van der Waals surface area (Å²) >= 11 is 0. The summed E-state index contributed by atoms with van der Waals surface area (Å²) in [6.45, 7) is 1.46. The topological polar surface area (TPSA) is 74.1 Å². The van der Waals surface area contributed by atoms with Crippen molar-refractivity contribution in [3.8, 4) is 5.88 Å². The number of ether oxygens (including phenoxy) is 1. The lowest BCUT2D eigenvalue weighted by Gasteiger charge is -2.31. The molecule has 4 rings (SSSR count). The minimum absolute atomic E-state index is 0.0228. The van der Waals surface area contributed by atoms with Gasteiger partial charge in [-0.2, -0.15) is 0 Å². The van der Waals surface area contributed by atoms with Crippen LogP contribution >= 0.6 is 0 Å². The van der Waals surface area contributed by atoms with Crippen molar-refractivity contribution in [1.29, 1.82) is 0 Å². The van der Waals surface area contributed by atoms with Gasteiger partial charge in [0.15, 0.2) is 5.65 Å². The molecule has 2 aromatic heterocycles. The first kappa shape index (κ1) is 18.8. The molecule has 1 atom stereocenters. The first-order chi connectivity index (χ1) is 13.2. The van der Waals surface area contributed by atoms with Crippen molar-refractivity contribution in [1.82, 2.24) is 13.9 Å². The number of fused-ring (bicyclic) bond motifs is 1. The molecule has 28 heavy (non-hydrogen) atoms. The van der Waals surface area contributed by atoms with Gasteiger partial charge in [-0.15, -0.1) is 0 Å². The first-order valence-corrected chi connectivity index (χ1v) is 10.3. The summed E-state index contributed by atoms with van der Waals surface area (Å²) in [4.78, 5) is 8.16. The highest BCUT2D eigenvalue weighted by atomic mass is 32.2. The molecule has 0 spiro atoms. The summed E-state index contributed by atoms with van der Waals surface area (Å²) < 4.78 is 62.3. The summed E-state index contributed by atoms with van der Waals surface area (Å²) in [5.41, 5.74) is -1.34. The van der Waals surface area contributed by atoms with E-state index in [1.807, 2.05) is 0 Å². The van der Waals surface area contributed by atoms with Gasteiger partial charge in [0, 0.05) is 12.6 Å². The number of methoxy groups -OCH3 is 1. The lowest BCUT2D eigenvalue weighted by atomic mass is 9.78. The highest BCUT2D eigenvalue weighted by Crippen LogP contribution is 2.54. The second-order valence-corrected chi connectivity index (χ2v) is 8.94. The Balaban J connectivity index is 2.06. The van der Waals surface area contributed by atoms with Crippen LogP contribution in [-0.4, -0.2) is 35.4 Å². The maximum atomic E-state index is 14.8. The van der Waals surface area contributed by atoms with Crippen LogP contribution in [0.25, 0.3) is 11.0 Å². The van der Waals surface area contributed by atoms with E-state index in [4.69, 9.17) is 4.74 Å². The molecule has 1 saturated carbocycles. The number of halogens is 2. The lowest BCUT2D eigenvalue weighted by Crippen LogP contribution is -2.37. The van der Waals surface area contributed by atoms with E-state index in [0.29, 0.717) is 6.42 Å². The molecule has 0 saturated heterocycles. The van der Waals surface area contributed by atoms with Gasteiger partial charge >= 0.3 is 0 Å². The van der Waals surface area contributed by atoms with Crippen LogP contribution in [0.5, 0.6) is 5.88 Å². The number of alkyl halides is 2. The molecule has 0 aliphatic heterocycles. The van der Waals surface area contributed by atoms with Gasteiger partial charge in [-0.3, -0.25) is 0 Å². The maximum absolute atomic E-state index is 14.8. The van der Waals surface area contributed by atoms with Crippen molar-refractivity contribution in [3.05, 3.63) is 48.4 Å². The average molecular weight is 407 g/mol. The molecule has 1 unspecified atom stereocenters.